The lowest BCUT2D eigenvalue weighted by molar-refractivity contribution is 0.136. The van der Waals surface area contributed by atoms with Crippen molar-refractivity contribution in [1.29, 1.82) is 0 Å². The van der Waals surface area contributed by atoms with Crippen LogP contribution < -0.4 is 11.2 Å². The molecule has 0 aliphatic carbocycles. The van der Waals surface area contributed by atoms with E-state index in [1.165, 1.54) is 0 Å². The lowest BCUT2D eigenvalue weighted by Gasteiger charge is -1.95. The molecule has 0 aromatic heterocycles. The Labute approximate surface area is 58.5 Å². The van der Waals surface area contributed by atoms with E-state index in [9.17, 15) is 4.79 Å². The molecule has 0 bridgehead atoms. The highest BCUT2D eigenvalue weighted by Gasteiger charge is 1.89. The van der Waals surface area contributed by atoms with Gasteiger partial charge in [0, 0.05) is 6.54 Å². The minimum absolute atomic E-state index is 0. The minimum atomic E-state index is -1.07. The molecule has 56 valence electrons. The van der Waals surface area contributed by atoms with Crippen molar-refractivity contribution in [1.82, 2.24) is 5.32 Å². The molecule has 4 N–H and O–H groups in total. The number of carboxylic acid groups (broad SMARTS) is 1. The molecule has 1 amide bonds. The lowest BCUT2D eigenvalue weighted by atomic mass is 10.7. The number of hydrogen-bond donors (Lipinski definition) is 3. The summed E-state index contributed by atoms with van der Waals surface area (Å²) in [6.45, 7) is 0.429. The monoisotopic (exact) mass is 156 g/mol. The lowest BCUT2D eigenvalue weighted by Crippen LogP contribution is -2.26. The highest BCUT2D eigenvalue weighted by molar-refractivity contribution is 5.85. The molecule has 0 aliphatic heterocycles. The molecule has 0 saturated carbocycles. The van der Waals surface area contributed by atoms with Gasteiger partial charge < -0.3 is 15.3 Å². The van der Waals surface area contributed by atoms with Crippen LogP contribution in [0.3, 0.4) is 0 Å². The number of halogens is 1. The molecule has 0 aromatic rings. The quantitative estimate of drug-likeness (QED) is 0.382. The van der Waals surface area contributed by atoms with E-state index in [1.807, 2.05) is 0 Å². The number of rotatable bonds is 3. The highest BCUT2D eigenvalue weighted by atomic mass is 35.5. The van der Waals surface area contributed by atoms with Crippen LogP contribution in [0.2, 0.25) is 0 Å². The van der Waals surface area contributed by atoms with Crippen molar-refractivity contribution in [2.75, 3.05) is 13.2 Å². The van der Waals surface area contributed by atoms with E-state index < -0.39 is 6.09 Å². The zero-order chi connectivity index (χ0) is 6.41. The van der Waals surface area contributed by atoms with Crippen LogP contribution in [0.4, 0.5) is 4.79 Å². The van der Waals surface area contributed by atoms with Crippen molar-refractivity contribution in [2.24, 2.45) is 5.90 Å². The standard InChI is InChI=1S/C3H8N2O3.ClH/c4-8-2-1-5-3(6)7;/h5H,1-2,4H2,(H,6,7);1H. The van der Waals surface area contributed by atoms with Crippen molar-refractivity contribution in [2.45, 2.75) is 0 Å². The topological polar surface area (TPSA) is 84.6 Å². The number of nitrogens with one attached hydrogen (secondary N) is 1. The summed E-state index contributed by atoms with van der Waals surface area (Å²) in [7, 11) is 0. The molecule has 6 heteroatoms. The number of nitrogens with two attached hydrogens (primary N) is 1. The minimum Gasteiger partial charge on any atom is -0.465 e. The fraction of sp³-hybridized carbons (Fsp3) is 0.667. The van der Waals surface area contributed by atoms with Crippen LogP contribution in [-0.2, 0) is 4.84 Å². The zero-order valence-electron chi connectivity index (χ0n) is 4.66. The SMILES string of the molecule is Cl.NOCCNC(=O)O. The third-order valence-corrected chi connectivity index (χ3v) is 0.496. The molecule has 0 rings (SSSR count). The van der Waals surface area contributed by atoms with Gasteiger partial charge in [0.25, 0.3) is 0 Å². The summed E-state index contributed by atoms with van der Waals surface area (Å²) in [5, 5.41) is 9.99. The van der Waals surface area contributed by atoms with Crippen LogP contribution >= 0.6 is 12.4 Å². The molecule has 0 fully saturated rings. The van der Waals surface area contributed by atoms with Crippen LogP contribution in [0, 0.1) is 0 Å². The average Bonchev–Trinajstić information content (AvgIpc) is 1.66. The van der Waals surface area contributed by atoms with E-state index in [0.717, 1.165) is 0 Å². The fourth-order valence-electron chi connectivity index (χ4n) is 0.217. The Morgan fingerprint density at radius 3 is 2.67 bits per heavy atom. The van der Waals surface area contributed by atoms with Gasteiger partial charge in [-0.25, -0.2) is 10.7 Å². The third kappa shape index (κ3) is 11.2. The van der Waals surface area contributed by atoms with Gasteiger partial charge in [0.2, 0.25) is 0 Å². The van der Waals surface area contributed by atoms with E-state index in [2.05, 4.69) is 16.1 Å². The third-order valence-electron chi connectivity index (χ3n) is 0.496. The molecule has 0 aliphatic rings. The Kier molecular flexibility index (Phi) is 9.39. The highest BCUT2D eigenvalue weighted by Crippen LogP contribution is 1.61. The second-order valence-corrected chi connectivity index (χ2v) is 1.10. The van der Waals surface area contributed by atoms with Gasteiger partial charge in [-0.2, -0.15) is 0 Å². The van der Waals surface area contributed by atoms with Gasteiger partial charge in [-0.15, -0.1) is 12.4 Å². The van der Waals surface area contributed by atoms with Gasteiger partial charge in [-0.3, -0.25) is 0 Å². The van der Waals surface area contributed by atoms with Crippen molar-refractivity contribution < 1.29 is 14.7 Å². The van der Waals surface area contributed by atoms with E-state index in [1.54, 1.807) is 0 Å². The first-order chi connectivity index (χ1) is 3.77. The summed E-state index contributed by atoms with van der Waals surface area (Å²) < 4.78 is 0. The van der Waals surface area contributed by atoms with E-state index in [0.29, 0.717) is 0 Å². The summed E-state index contributed by atoms with van der Waals surface area (Å²) in [6.07, 6.45) is -1.07. The van der Waals surface area contributed by atoms with Crippen molar-refractivity contribution in [3.05, 3.63) is 0 Å². The fourth-order valence-corrected chi connectivity index (χ4v) is 0.217. The van der Waals surface area contributed by atoms with E-state index in [4.69, 9.17) is 5.11 Å². The molecule has 0 radical (unpaired) electrons. The Morgan fingerprint density at radius 1 is 1.78 bits per heavy atom. The van der Waals surface area contributed by atoms with Gasteiger partial charge in [0.1, 0.15) is 0 Å². The Hall–Kier alpha value is -0.520. The maximum Gasteiger partial charge on any atom is 0.404 e. The van der Waals surface area contributed by atoms with Gasteiger partial charge in [-0.1, -0.05) is 0 Å². The smallest absolute Gasteiger partial charge is 0.404 e. The summed E-state index contributed by atoms with van der Waals surface area (Å²) in [6, 6.07) is 0. The molecule has 0 saturated heterocycles. The second-order valence-electron chi connectivity index (χ2n) is 1.10. The molecule has 0 aromatic carbocycles. The Balaban J connectivity index is 0. The van der Waals surface area contributed by atoms with Gasteiger partial charge in [-0.05, 0) is 0 Å². The predicted molar refractivity (Wildman–Crippen MR) is 33.4 cm³/mol. The van der Waals surface area contributed by atoms with Gasteiger partial charge >= 0.3 is 6.09 Å². The molecule has 5 nitrogen and oxygen atoms in total. The molecular formula is C3H9ClN2O3. The number of carbonyl (C=O) groups is 1. The summed E-state index contributed by atoms with van der Waals surface area (Å²) in [5.74, 6) is 4.58. The maximum absolute atomic E-state index is 9.67. The van der Waals surface area contributed by atoms with Gasteiger partial charge in [0.05, 0.1) is 6.61 Å². The van der Waals surface area contributed by atoms with E-state index in [-0.39, 0.29) is 25.6 Å². The largest absolute Gasteiger partial charge is 0.465 e. The van der Waals surface area contributed by atoms with Crippen molar-refractivity contribution in [3.8, 4) is 0 Å². The molecule has 0 heterocycles. The first-order valence-corrected chi connectivity index (χ1v) is 2.06. The average molecular weight is 157 g/mol. The molecular weight excluding hydrogens is 147 g/mol. The molecule has 0 spiro atoms. The number of hydrogen-bond acceptors (Lipinski definition) is 3. The first kappa shape index (κ1) is 11.3. The molecule has 0 atom stereocenters. The summed E-state index contributed by atoms with van der Waals surface area (Å²) in [5.41, 5.74) is 0. The summed E-state index contributed by atoms with van der Waals surface area (Å²) >= 11 is 0. The molecule has 0 unspecified atom stereocenters. The van der Waals surface area contributed by atoms with Crippen molar-refractivity contribution >= 4 is 18.5 Å². The number of amides is 1. The normalized spacial score (nSPS) is 7.67. The van der Waals surface area contributed by atoms with Crippen LogP contribution in [0.5, 0.6) is 0 Å². The maximum atomic E-state index is 9.67. The molecule has 9 heavy (non-hydrogen) atoms. The Morgan fingerprint density at radius 2 is 2.33 bits per heavy atom. The predicted octanol–water partition coefficient (Wildman–Crippen LogP) is -0.434. The summed E-state index contributed by atoms with van der Waals surface area (Å²) in [4.78, 5) is 13.7. The first-order valence-electron chi connectivity index (χ1n) is 2.06. The zero-order valence-corrected chi connectivity index (χ0v) is 5.48. The second kappa shape index (κ2) is 7.48. The van der Waals surface area contributed by atoms with Crippen LogP contribution in [0.25, 0.3) is 0 Å². The van der Waals surface area contributed by atoms with Crippen LogP contribution in [0.15, 0.2) is 0 Å². The van der Waals surface area contributed by atoms with Gasteiger partial charge in [0.15, 0.2) is 0 Å². The van der Waals surface area contributed by atoms with Crippen LogP contribution in [-0.4, -0.2) is 24.4 Å². The van der Waals surface area contributed by atoms with Crippen molar-refractivity contribution in [3.63, 3.8) is 0 Å². The van der Waals surface area contributed by atoms with E-state index >= 15 is 0 Å². The van der Waals surface area contributed by atoms with Crippen LogP contribution in [0.1, 0.15) is 0 Å². The Bertz CT molecular complexity index is 79.5.